The lowest BCUT2D eigenvalue weighted by molar-refractivity contribution is 0.111. The molecule has 0 atom stereocenters. The van der Waals surface area contributed by atoms with Gasteiger partial charge in [-0.1, -0.05) is 0 Å². The molecule has 0 aliphatic heterocycles. The van der Waals surface area contributed by atoms with E-state index >= 15 is 0 Å². The number of aryl methyl sites for hydroxylation is 1. The van der Waals surface area contributed by atoms with Crippen molar-refractivity contribution in [2.75, 3.05) is 0 Å². The van der Waals surface area contributed by atoms with E-state index in [9.17, 15) is 9.59 Å². The van der Waals surface area contributed by atoms with Crippen molar-refractivity contribution in [2.45, 2.75) is 6.92 Å². The highest BCUT2D eigenvalue weighted by atomic mass is 16.1. The van der Waals surface area contributed by atoms with E-state index in [0.717, 1.165) is 0 Å². The number of aromatic amines is 1. The fourth-order valence-electron chi connectivity index (χ4n) is 1.59. The highest BCUT2D eigenvalue weighted by Gasteiger charge is 2.17. The molecule has 2 aromatic rings. The summed E-state index contributed by atoms with van der Waals surface area (Å²) in [5, 5.41) is 3.91. The highest BCUT2D eigenvalue weighted by molar-refractivity contribution is 5.91. The van der Waals surface area contributed by atoms with E-state index in [1.54, 1.807) is 14.0 Å². The number of aromatic nitrogens is 4. The summed E-state index contributed by atoms with van der Waals surface area (Å²) in [6.45, 7) is 1.71. The highest BCUT2D eigenvalue weighted by Crippen LogP contribution is 2.23. The van der Waals surface area contributed by atoms with Gasteiger partial charge in [0.1, 0.15) is 6.33 Å². The van der Waals surface area contributed by atoms with E-state index in [4.69, 9.17) is 0 Å². The molecule has 0 aliphatic rings. The monoisotopic (exact) mass is 218 g/mol. The molecule has 0 aliphatic carbocycles. The lowest BCUT2D eigenvalue weighted by Gasteiger charge is -1.97. The first-order chi connectivity index (χ1) is 7.69. The van der Waals surface area contributed by atoms with E-state index in [0.29, 0.717) is 40.9 Å². The van der Waals surface area contributed by atoms with Crippen LogP contribution in [0.1, 0.15) is 26.4 Å². The maximum atomic E-state index is 11.0. The maximum Gasteiger partial charge on any atom is 0.175 e. The summed E-state index contributed by atoms with van der Waals surface area (Å²) in [5.74, 6) is 0.526. The Morgan fingerprint density at radius 1 is 1.38 bits per heavy atom. The van der Waals surface area contributed by atoms with Crippen molar-refractivity contribution < 1.29 is 9.59 Å². The number of nitrogens with zero attached hydrogens (tertiary/aromatic N) is 3. The van der Waals surface area contributed by atoms with Crippen molar-refractivity contribution in [1.82, 2.24) is 19.7 Å². The van der Waals surface area contributed by atoms with Crippen molar-refractivity contribution in [1.29, 1.82) is 0 Å². The predicted octanol–water partition coefficient (Wildman–Crippen LogP) is 0.744. The van der Waals surface area contributed by atoms with Crippen LogP contribution < -0.4 is 0 Å². The van der Waals surface area contributed by atoms with Crippen LogP contribution in [0.4, 0.5) is 0 Å². The first-order valence-electron chi connectivity index (χ1n) is 4.66. The van der Waals surface area contributed by atoms with Crippen LogP contribution >= 0.6 is 0 Å². The molecule has 0 spiro atoms. The van der Waals surface area contributed by atoms with Crippen molar-refractivity contribution in [3.63, 3.8) is 0 Å². The molecule has 0 bridgehead atoms. The van der Waals surface area contributed by atoms with Crippen molar-refractivity contribution in [3.8, 4) is 11.5 Å². The number of hydrogen-bond acceptors (Lipinski definition) is 4. The maximum absolute atomic E-state index is 11.0. The Morgan fingerprint density at radius 2 is 2.12 bits per heavy atom. The molecule has 82 valence electrons. The largest absolute Gasteiger partial charge is 0.349 e. The van der Waals surface area contributed by atoms with Crippen LogP contribution in [-0.2, 0) is 7.05 Å². The summed E-state index contributed by atoms with van der Waals surface area (Å²) in [6.07, 6.45) is 2.78. The van der Waals surface area contributed by atoms with Gasteiger partial charge < -0.3 is 4.98 Å². The van der Waals surface area contributed by atoms with Gasteiger partial charge in [-0.2, -0.15) is 5.10 Å². The minimum Gasteiger partial charge on any atom is -0.349 e. The zero-order valence-corrected chi connectivity index (χ0v) is 8.89. The van der Waals surface area contributed by atoms with Crippen LogP contribution in [-0.4, -0.2) is 32.3 Å². The molecule has 0 saturated heterocycles. The molecule has 0 fully saturated rings. The molecule has 2 heterocycles. The van der Waals surface area contributed by atoms with Gasteiger partial charge in [0.25, 0.3) is 0 Å². The van der Waals surface area contributed by atoms with Gasteiger partial charge in [0, 0.05) is 12.6 Å². The summed E-state index contributed by atoms with van der Waals surface area (Å²) >= 11 is 0. The average molecular weight is 218 g/mol. The molecular weight excluding hydrogens is 208 g/mol. The Hall–Kier alpha value is -2.24. The van der Waals surface area contributed by atoms with Crippen molar-refractivity contribution in [3.05, 3.63) is 23.1 Å². The fraction of sp³-hybridized carbons (Fsp3) is 0.200. The summed E-state index contributed by atoms with van der Waals surface area (Å²) in [6, 6.07) is 0. The number of carbonyl (C=O) groups is 2. The third-order valence-electron chi connectivity index (χ3n) is 2.51. The molecule has 6 heteroatoms. The average Bonchev–Trinajstić information content (AvgIpc) is 2.82. The quantitative estimate of drug-likeness (QED) is 0.770. The third kappa shape index (κ3) is 1.35. The lowest BCUT2D eigenvalue weighted by atomic mass is 10.1. The fourth-order valence-corrected chi connectivity index (χ4v) is 1.59. The molecule has 0 aromatic carbocycles. The standard InChI is InChI=1S/C10H10N4O2/c1-6-7(3-15)9(13-8(6)4-16)10-11-5-12-14(10)2/h3-5,13H,1-2H3. The van der Waals surface area contributed by atoms with E-state index in [2.05, 4.69) is 15.1 Å². The van der Waals surface area contributed by atoms with Gasteiger partial charge in [-0.15, -0.1) is 0 Å². The molecule has 2 rings (SSSR count). The van der Waals surface area contributed by atoms with Crippen LogP contribution in [0.2, 0.25) is 0 Å². The third-order valence-corrected chi connectivity index (χ3v) is 2.51. The normalized spacial score (nSPS) is 10.4. The molecule has 16 heavy (non-hydrogen) atoms. The van der Waals surface area contributed by atoms with Gasteiger partial charge in [-0.25, -0.2) is 9.67 Å². The van der Waals surface area contributed by atoms with Crippen LogP contribution in [0.3, 0.4) is 0 Å². The molecular formula is C10H10N4O2. The van der Waals surface area contributed by atoms with Gasteiger partial charge in [0.2, 0.25) is 0 Å². The van der Waals surface area contributed by atoms with Gasteiger partial charge in [-0.05, 0) is 12.5 Å². The minimum atomic E-state index is 0.389. The van der Waals surface area contributed by atoms with Crippen LogP contribution in [0, 0.1) is 6.92 Å². The minimum absolute atomic E-state index is 0.389. The number of rotatable bonds is 3. The zero-order chi connectivity index (χ0) is 11.7. The number of H-pyrrole nitrogens is 1. The number of aldehydes is 2. The Bertz CT molecular complexity index is 553. The Morgan fingerprint density at radius 3 is 2.62 bits per heavy atom. The van der Waals surface area contributed by atoms with E-state index < -0.39 is 0 Å². The second-order valence-corrected chi connectivity index (χ2v) is 3.40. The van der Waals surface area contributed by atoms with E-state index in [-0.39, 0.29) is 0 Å². The van der Waals surface area contributed by atoms with Gasteiger partial charge in [0.05, 0.1) is 11.4 Å². The summed E-state index contributed by atoms with van der Waals surface area (Å²) in [4.78, 5) is 28.7. The topological polar surface area (TPSA) is 80.6 Å². The SMILES string of the molecule is Cc1c(C=O)[nH]c(-c2ncnn2C)c1C=O. The number of nitrogens with one attached hydrogen (secondary N) is 1. The van der Waals surface area contributed by atoms with Crippen molar-refractivity contribution in [2.24, 2.45) is 7.05 Å². The summed E-state index contributed by atoms with van der Waals surface area (Å²) < 4.78 is 1.53. The zero-order valence-electron chi connectivity index (χ0n) is 8.89. The van der Waals surface area contributed by atoms with Gasteiger partial charge in [0.15, 0.2) is 18.4 Å². The second kappa shape index (κ2) is 3.73. The van der Waals surface area contributed by atoms with E-state index in [1.165, 1.54) is 11.0 Å². The number of hydrogen-bond donors (Lipinski definition) is 1. The molecule has 0 amide bonds. The summed E-state index contributed by atoms with van der Waals surface area (Å²) in [7, 11) is 1.72. The lowest BCUT2D eigenvalue weighted by Crippen LogP contribution is -1.97. The van der Waals surface area contributed by atoms with E-state index in [1.807, 2.05) is 0 Å². The molecule has 0 radical (unpaired) electrons. The van der Waals surface area contributed by atoms with Crippen LogP contribution in [0.5, 0.6) is 0 Å². The Kier molecular flexibility index (Phi) is 2.40. The first kappa shape index (κ1) is 10.3. The molecule has 2 aromatic heterocycles. The second-order valence-electron chi connectivity index (χ2n) is 3.40. The first-order valence-corrected chi connectivity index (χ1v) is 4.66. The van der Waals surface area contributed by atoms with Crippen molar-refractivity contribution >= 4 is 12.6 Å². The Balaban J connectivity index is 2.70. The molecule has 0 saturated carbocycles. The Labute approximate surface area is 91.3 Å². The summed E-state index contributed by atoms with van der Waals surface area (Å²) in [5.41, 5.74) is 1.98. The number of carbonyl (C=O) groups excluding carboxylic acids is 2. The van der Waals surface area contributed by atoms with Crippen LogP contribution in [0.25, 0.3) is 11.5 Å². The predicted molar refractivity (Wildman–Crippen MR) is 56.3 cm³/mol. The van der Waals surface area contributed by atoms with Gasteiger partial charge in [-0.3, -0.25) is 9.59 Å². The molecule has 0 unspecified atom stereocenters. The molecule has 6 nitrogen and oxygen atoms in total. The smallest absolute Gasteiger partial charge is 0.175 e. The molecule has 1 N–H and O–H groups in total. The van der Waals surface area contributed by atoms with Crippen LogP contribution in [0.15, 0.2) is 6.33 Å². The van der Waals surface area contributed by atoms with Gasteiger partial charge >= 0.3 is 0 Å².